The van der Waals surface area contributed by atoms with Crippen LogP contribution in [0.25, 0.3) is 0 Å². The summed E-state index contributed by atoms with van der Waals surface area (Å²) in [7, 11) is 0. The fraction of sp³-hybridized carbons (Fsp3) is 0.632. The molecule has 0 aliphatic carbocycles. The molecule has 136 valence electrons. The van der Waals surface area contributed by atoms with Crippen LogP contribution >= 0.6 is 24.2 Å². The van der Waals surface area contributed by atoms with E-state index in [-0.39, 0.29) is 24.4 Å². The molecule has 2 N–H and O–H groups in total. The number of carbonyl (C=O) groups is 1. The first-order valence-corrected chi connectivity index (χ1v) is 10.1. The Kier molecular flexibility index (Phi) is 9.79. The lowest BCUT2D eigenvalue weighted by atomic mass is 9.90. The molecule has 1 fully saturated rings. The summed E-state index contributed by atoms with van der Waals surface area (Å²) in [5.41, 5.74) is 8.75. The summed E-state index contributed by atoms with van der Waals surface area (Å²) in [6.45, 7) is 3.88. The number of amides is 1. The molecule has 0 radical (unpaired) electrons. The van der Waals surface area contributed by atoms with Crippen molar-refractivity contribution in [1.82, 2.24) is 4.90 Å². The molecule has 0 spiro atoms. The number of rotatable bonds is 7. The van der Waals surface area contributed by atoms with Gasteiger partial charge in [-0.25, -0.2) is 0 Å². The standard InChI is InChI=1S/C19H30N2OS.ClH/c1-15-3-5-16(6-4-15)7-8-17-9-12-21(13-10-17)19(22)18(20)11-14-23-2;/h3-6,17-18H,7-14,20H2,1-2H3;1H/t18-;/m0./s1. The van der Waals surface area contributed by atoms with Crippen molar-refractivity contribution >= 4 is 30.1 Å². The van der Waals surface area contributed by atoms with E-state index >= 15 is 0 Å². The van der Waals surface area contributed by atoms with Gasteiger partial charge in [-0.1, -0.05) is 29.8 Å². The Labute approximate surface area is 157 Å². The molecule has 0 unspecified atom stereocenters. The highest BCUT2D eigenvalue weighted by atomic mass is 35.5. The maximum Gasteiger partial charge on any atom is 0.239 e. The number of carbonyl (C=O) groups excluding carboxylic acids is 1. The van der Waals surface area contributed by atoms with Crippen LogP contribution in [-0.4, -0.2) is 41.9 Å². The average Bonchev–Trinajstić information content (AvgIpc) is 2.59. The third-order valence-electron chi connectivity index (χ3n) is 4.84. The predicted octanol–water partition coefficient (Wildman–Crippen LogP) is 3.67. The van der Waals surface area contributed by atoms with Crippen LogP contribution in [0.5, 0.6) is 0 Å². The van der Waals surface area contributed by atoms with E-state index in [0.717, 1.165) is 50.4 Å². The number of aryl methyl sites for hydroxylation is 2. The highest BCUT2D eigenvalue weighted by molar-refractivity contribution is 7.98. The molecule has 5 heteroatoms. The van der Waals surface area contributed by atoms with Crippen molar-refractivity contribution in [2.24, 2.45) is 11.7 Å². The van der Waals surface area contributed by atoms with Crippen molar-refractivity contribution in [2.45, 2.75) is 45.1 Å². The van der Waals surface area contributed by atoms with Crippen LogP contribution in [0.4, 0.5) is 0 Å². The number of nitrogens with two attached hydrogens (primary N) is 1. The van der Waals surface area contributed by atoms with Gasteiger partial charge in [0.05, 0.1) is 6.04 Å². The summed E-state index contributed by atoms with van der Waals surface area (Å²) in [6.07, 6.45) is 7.44. The SMILES string of the molecule is CSCC[C@H](N)C(=O)N1CCC(CCc2ccc(C)cc2)CC1.Cl. The van der Waals surface area contributed by atoms with Crippen molar-refractivity contribution in [2.75, 3.05) is 25.1 Å². The fourth-order valence-electron chi connectivity index (χ4n) is 3.17. The van der Waals surface area contributed by atoms with Gasteiger partial charge in [-0.2, -0.15) is 11.8 Å². The number of piperidine rings is 1. The molecule has 1 aliphatic rings. The van der Waals surface area contributed by atoms with Gasteiger partial charge in [-0.15, -0.1) is 12.4 Å². The monoisotopic (exact) mass is 370 g/mol. The van der Waals surface area contributed by atoms with E-state index in [2.05, 4.69) is 37.4 Å². The summed E-state index contributed by atoms with van der Waals surface area (Å²) in [5.74, 6) is 1.85. The van der Waals surface area contributed by atoms with Gasteiger partial charge in [0, 0.05) is 13.1 Å². The second-order valence-electron chi connectivity index (χ2n) is 6.68. The molecule has 2 rings (SSSR count). The number of hydrogen-bond acceptors (Lipinski definition) is 3. The highest BCUT2D eigenvalue weighted by Gasteiger charge is 2.25. The van der Waals surface area contributed by atoms with Crippen LogP contribution in [0.15, 0.2) is 24.3 Å². The largest absolute Gasteiger partial charge is 0.341 e. The normalized spacial score (nSPS) is 16.5. The molecule has 24 heavy (non-hydrogen) atoms. The Morgan fingerprint density at radius 1 is 1.29 bits per heavy atom. The second-order valence-corrected chi connectivity index (χ2v) is 7.67. The summed E-state index contributed by atoms with van der Waals surface area (Å²) < 4.78 is 0. The number of thioether (sulfide) groups is 1. The lowest BCUT2D eigenvalue weighted by Gasteiger charge is -2.33. The lowest BCUT2D eigenvalue weighted by Crippen LogP contribution is -2.47. The van der Waals surface area contributed by atoms with Crippen molar-refractivity contribution < 1.29 is 4.79 Å². The molecule has 0 aromatic heterocycles. The van der Waals surface area contributed by atoms with Gasteiger partial charge < -0.3 is 10.6 Å². The minimum atomic E-state index is -0.313. The van der Waals surface area contributed by atoms with Crippen molar-refractivity contribution in [3.8, 4) is 0 Å². The fourth-order valence-corrected chi connectivity index (χ4v) is 3.66. The second kappa shape index (κ2) is 11.0. The predicted molar refractivity (Wildman–Crippen MR) is 107 cm³/mol. The molecule has 0 bridgehead atoms. The summed E-state index contributed by atoms with van der Waals surface area (Å²) in [4.78, 5) is 14.3. The van der Waals surface area contributed by atoms with Gasteiger partial charge >= 0.3 is 0 Å². The molecule has 1 saturated heterocycles. The maximum atomic E-state index is 12.3. The third-order valence-corrected chi connectivity index (χ3v) is 5.48. The molecule has 1 aliphatic heterocycles. The number of benzene rings is 1. The van der Waals surface area contributed by atoms with E-state index in [9.17, 15) is 4.79 Å². The number of nitrogens with zero attached hydrogens (tertiary/aromatic N) is 1. The zero-order valence-electron chi connectivity index (χ0n) is 14.9. The Bertz CT molecular complexity index is 487. The first-order chi connectivity index (χ1) is 11.1. The minimum absolute atomic E-state index is 0. The van der Waals surface area contributed by atoms with Crippen molar-refractivity contribution in [3.63, 3.8) is 0 Å². The van der Waals surface area contributed by atoms with Crippen LogP contribution in [-0.2, 0) is 11.2 Å². The lowest BCUT2D eigenvalue weighted by molar-refractivity contribution is -0.134. The van der Waals surface area contributed by atoms with Gasteiger partial charge in [0.2, 0.25) is 5.91 Å². The molecule has 1 heterocycles. The van der Waals surface area contributed by atoms with E-state index < -0.39 is 0 Å². The molecular formula is C19H31ClN2OS. The Hall–Kier alpha value is -0.710. The zero-order chi connectivity index (χ0) is 16.7. The van der Waals surface area contributed by atoms with Crippen LogP contribution in [0, 0.1) is 12.8 Å². The zero-order valence-corrected chi connectivity index (χ0v) is 16.5. The average molecular weight is 371 g/mol. The van der Waals surface area contributed by atoms with Crippen LogP contribution in [0.3, 0.4) is 0 Å². The summed E-state index contributed by atoms with van der Waals surface area (Å²) in [6, 6.07) is 8.53. The van der Waals surface area contributed by atoms with E-state index in [1.807, 2.05) is 4.90 Å². The van der Waals surface area contributed by atoms with Crippen LogP contribution in [0.2, 0.25) is 0 Å². The van der Waals surface area contributed by atoms with Crippen molar-refractivity contribution in [1.29, 1.82) is 0 Å². The quantitative estimate of drug-likeness (QED) is 0.796. The third kappa shape index (κ3) is 6.66. The van der Waals surface area contributed by atoms with Gasteiger partial charge in [0.15, 0.2) is 0 Å². The van der Waals surface area contributed by atoms with Crippen LogP contribution < -0.4 is 5.73 Å². The molecule has 1 amide bonds. The molecule has 3 nitrogen and oxygen atoms in total. The van der Waals surface area contributed by atoms with Gasteiger partial charge in [0.1, 0.15) is 0 Å². The van der Waals surface area contributed by atoms with E-state index in [0.29, 0.717) is 0 Å². The number of likely N-dealkylation sites (tertiary alicyclic amines) is 1. The Morgan fingerprint density at radius 3 is 2.50 bits per heavy atom. The van der Waals surface area contributed by atoms with E-state index in [1.165, 1.54) is 17.5 Å². The number of halogens is 1. The van der Waals surface area contributed by atoms with Gasteiger partial charge in [-0.05, 0) is 62.5 Å². The maximum absolute atomic E-state index is 12.3. The minimum Gasteiger partial charge on any atom is -0.341 e. The topological polar surface area (TPSA) is 46.3 Å². The van der Waals surface area contributed by atoms with Gasteiger partial charge in [-0.3, -0.25) is 4.79 Å². The highest BCUT2D eigenvalue weighted by Crippen LogP contribution is 2.23. The molecule has 1 aromatic carbocycles. The van der Waals surface area contributed by atoms with E-state index in [4.69, 9.17) is 5.73 Å². The molecule has 1 aromatic rings. The Morgan fingerprint density at radius 2 is 1.92 bits per heavy atom. The van der Waals surface area contributed by atoms with E-state index in [1.54, 1.807) is 11.8 Å². The van der Waals surface area contributed by atoms with Crippen LogP contribution in [0.1, 0.15) is 36.8 Å². The summed E-state index contributed by atoms with van der Waals surface area (Å²) >= 11 is 1.75. The smallest absolute Gasteiger partial charge is 0.239 e. The Balaban J connectivity index is 0.00000288. The van der Waals surface area contributed by atoms with Gasteiger partial charge in [0.25, 0.3) is 0 Å². The first kappa shape index (κ1) is 21.3. The summed E-state index contributed by atoms with van der Waals surface area (Å²) in [5, 5.41) is 0. The molecular weight excluding hydrogens is 340 g/mol. The molecule has 0 saturated carbocycles. The van der Waals surface area contributed by atoms with Crippen molar-refractivity contribution in [3.05, 3.63) is 35.4 Å². The number of hydrogen-bond donors (Lipinski definition) is 1. The molecule has 1 atom stereocenters. The first-order valence-electron chi connectivity index (χ1n) is 8.69.